The van der Waals surface area contributed by atoms with E-state index in [-0.39, 0.29) is 31.1 Å². The molecule has 1 saturated heterocycles. The summed E-state index contributed by atoms with van der Waals surface area (Å²) >= 11 is 0. The fourth-order valence-corrected chi connectivity index (χ4v) is 4.46. The van der Waals surface area contributed by atoms with Gasteiger partial charge >= 0.3 is 5.97 Å². The van der Waals surface area contributed by atoms with Gasteiger partial charge in [-0.15, -0.1) is 0 Å². The van der Waals surface area contributed by atoms with E-state index in [1.54, 1.807) is 26.0 Å². The Morgan fingerprint density at radius 1 is 0.955 bits per heavy atom. The molecule has 1 aliphatic rings. The molecule has 242 valence electrons. The molecule has 6 amide bonds. The van der Waals surface area contributed by atoms with Crippen molar-refractivity contribution in [2.75, 3.05) is 13.1 Å². The molecule has 1 fully saturated rings. The van der Waals surface area contributed by atoms with Crippen molar-refractivity contribution in [2.45, 2.75) is 76.7 Å². The molecule has 1 aromatic carbocycles. The first-order valence-corrected chi connectivity index (χ1v) is 14.1. The van der Waals surface area contributed by atoms with E-state index < -0.39 is 84.6 Å². The first-order valence-electron chi connectivity index (χ1n) is 14.1. The number of hydrogen-bond donors (Lipinski definition) is 8. The average molecular weight is 620 g/mol. The SMILES string of the molecule is CC(C)[C@H](N)C(=O)N[C@@H](Cc1ccc(O)cc1)C(=O)N1CCC[C@H]1C(=O)N[C@@H](CC(N)=O)C(=O)NCC(=O)N[C@@H](C)C(=O)O. The van der Waals surface area contributed by atoms with Crippen molar-refractivity contribution >= 4 is 41.4 Å². The number of carbonyl (C=O) groups is 7. The second kappa shape index (κ2) is 16.2. The lowest BCUT2D eigenvalue weighted by atomic mass is 10.0. The lowest BCUT2D eigenvalue weighted by Gasteiger charge is -2.30. The van der Waals surface area contributed by atoms with Crippen LogP contribution in [0.3, 0.4) is 0 Å². The number of nitrogens with zero attached hydrogens (tertiary/aromatic N) is 1. The van der Waals surface area contributed by atoms with Gasteiger partial charge in [-0.2, -0.15) is 0 Å². The van der Waals surface area contributed by atoms with Crippen molar-refractivity contribution in [3.05, 3.63) is 29.8 Å². The van der Waals surface area contributed by atoms with Crippen LogP contribution < -0.4 is 32.7 Å². The van der Waals surface area contributed by atoms with Crippen LogP contribution in [0.1, 0.15) is 45.6 Å². The number of phenols is 1. The molecule has 0 aromatic heterocycles. The second-order valence-electron chi connectivity index (χ2n) is 11.0. The third kappa shape index (κ3) is 10.5. The van der Waals surface area contributed by atoms with Gasteiger partial charge in [0.2, 0.25) is 35.4 Å². The number of likely N-dealkylation sites (tertiary alicyclic amines) is 1. The van der Waals surface area contributed by atoms with Gasteiger partial charge in [0, 0.05) is 13.0 Å². The van der Waals surface area contributed by atoms with Crippen molar-refractivity contribution in [3.63, 3.8) is 0 Å². The van der Waals surface area contributed by atoms with Gasteiger partial charge in [-0.05, 0) is 43.4 Å². The monoisotopic (exact) mass is 619 g/mol. The number of benzene rings is 1. The minimum atomic E-state index is -1.49. The van der Waals surface area contributed by atoms with Crippen LogP contribution in [0.5, 0.6) is 5.75 Å². The first-order chi connectivity index (χ1) is 20.6. The third-order valence-electron chi connectivity index (χ3n) is 7.06. The Bertz CT molecular complexity index is 1240. The molecule has 0 unspecified atom stereocenters. The maximum Gasteiger partial charge on any atom is 0.325 e. The van der Waals surface area contributed by atoms with Gasteiger partial charge in [0.1, 0.15) is 29.9 Å². The number of hydrogen-bond acceptors (Lipinski definition) is 9. The van der Waals surface area contributed by atoms with E-state index in [2.05, 4.69) is 21.3 Å². The number of rotatable bonds is 15. The topological polar surface area (TPSA) is 263 Å². The summed E-state index contributed by atoms with van der Waals surface area (Å²) in [5, 5.41) is 28.0. The number of carbonyl (C=O) groups excluding carboxylic acids is 6. The lowest BCUT2D eigenvalue weighted by molar-refractivity contribution is -0.142. The fraction of sp³-hybridized carbons (Fsp3) is 0.536. The number of nitrogens with one attached hydrogen (secondary N) is 4. The summed E-state index contributed by atoms with van der Waals surface area (Å²) in [6.07, 6.45) is 0.0843. The Morgan fingerprint density at radius 2 is 1.59 bits per heavy atom. The first kappa shape index (κ1) is 35.5. The van der Waals surface area contributed by atoms with Crippen molar-refractivity contribution in [1.29, 1.82) is 0 Å². The minimum Gasteiger partial charge on any atom is -0.508 e. The molecule has 44 heavy (non-hydrogen) atoms. The Kier molecular flexibility index (Phi) is 13.1. The zero-order valence-corrected chi connectivity index (χ0v) is 24.9. The Balaban J connectivity index is 2.19. The predicted octanol–water partition coefficient (Wildman–Crippen LogP) is -2.54. The second-order valence-corrected chi connectivity index (χ2v) is 11.0. The van der Waals surface area contributed by atoms with Crippen LogP contribution in [0.25, 0.3) is 0 Å². The number of aliphatic carboxylic acids is 1. The smallest absolute Gasteiger partial charge is 0.325 e. The number of carboxylic acid groups (broad SMARTS) is 1. The van der Waals surface area contributed by atoms with Gasteiger partial charge in [-0.25, -0.2) is 0 Å². The van der Waals surface area contributed by atoms with E-state index in [0.29, 0.717) is 12.0 Å². The van der Waals surface area contributed by atoms with Crippen molar-refractivity contribution in [1.82, 2.24) is 26.2 Å². The summed E-state index contributed by atoms with van der Waals surface area (Å²) in [4.78, 5) is 88.5. The molecule has 0 bridgehead atoms. The average Bonchev–Trinajstić information content (AvgIpc) is 3.45. The highest BCUT2D eigenvalue weighted by Crippen LogP contribution is 2.21. The Labute approximate surface area is 254 Å². The lowest BCUT2D eigenvalue weighted by Crippen LogP contribution is -2.58. The van der Waals surface area contributed by atoms with Gasteiger partial charge in [0.15, 0.2) is 0 Å². The van der Waals surface area contributed by atoms with Crippen molar-refractivity contribution in [2.24, 2.45) is 17.4 Å². The van der Waals surface area contributed by atoms with Crippen molar-refractivity contribution < 1.29 is 43.8 Å². The fourth-order valence-electron chi connectivity index (χ4n) is 4.46. The molecule has 2 rings (SSSR count). The summed E-state index contributed by atoms with van der Waals surface area (Å²) in [6, 6.07) is 0.293. The van der Waals surface area contributed by atoms with Gasteiger partial charge in [-0.3, -0.25) is 33.6 Å². The van der Waals surface area contributed by atoms with Crippen LogP contribution in [0.2, 0.25) is 0 Å². The molecule has 0 spiro atoms. The van der Waals surface area contributed by atoms with Crippen LogP contribution in [0.15, 0.2) is 24.3 Å². The van der Waals surface area contributed by atoms with Gasteiger partial charge in [-0.1, -0.05) is 26.0 Å². The molecular formula is C28H41N7O9. The van der Waals surface area contributed by atoms with E-state index in [9.17, 15) is 38.7 Å². The number of nitrogens with two attached hydrogens (primary N) is 2. The number of aromatic hydroxyl groups is 1. The predicted molar refractivity (Wildman–Crippen MR) is 155 cm³/mol. The molecule has 1 aromatic rings. The zero-order valence-electron chi connectivity index (χ0n) is 24.9. The van der Waals surface area contributed by atoms with Crippen LogP contribution in [0, 0.1) is 5.92 Å². The number of phenolic OH excluding ortho intramolecular Hbond substituents is 1. The van der Waals surface area contributed by atoms with E-state index in [4.69, 9.17) is 16.6 Å². The molecule has 0 aliphatic carbocycles. The summed E-state index contributed by atoms with van der Waals surface area (Å²) in [7, 11) is 0. The van der Waals surface area contributed by atoms with E-state index >= 15 is 0 Å². The van der Waals surface area contributed by atoms with Crippen LogP contribution in [-0.4, -0.2) is 99.8 Å². The molecule has 0 saturated carbocycles. The molecule has 10 N–H and O–H groups in total. The van der Waals surface area contributed by atoms with E-state index in [1.807, 2.05) is 0 Å². The van der Waals surface area contributed by atoms with Crippen molar-refractivity contribution in [3.8, 4) is 5.75 Å². The highest BCUT2D eigenvalue weighted by Gasteiger charge is 2.39. The summed E-state index contributed by atoms with van der Waals surface area (Å²) in [5.41, 5.74) is 11.9. The van der Waals surface area contributed by atoms with Crippen LogP contribution in [0.4, 0.5) is 0 Å². The highest BCUT2D eigenvalue weighted by atomic mass is 16.4. The Hall–Kier alpha value is -4.73. The summed E-state index contributed by atoms with van der Waals surface area (Å²) in [6.45, 7) is 4.27. The maximum absolute atomic E-state index is 13.8. The highest BCUT2D eigenvalue weighted by molar-refractivity contribution is 5.97. The van der Waals surface area contributed by atoms with Gasteiger partial charge < -0.3 is 47.8 Å². The summed E-state index contributed by atoms with van der Waals surface area (Å²) < 4.78 is 0. The van der Waals surface area contributed by atoms with Crippen LogP contribution in [-0.2, 0) is 40.0 Å². The molecular weight excluding hydrogens is 578 g/mol. The molecule has 5 atom stereocenters. The molecule has 1 heterocycles. The third-order valence-corrected chi connectivity index (χ3v) is 7.06. The van der Waals surface area contributed by atoms with Gasteiger partial charge in [0.25, 0.3) is 0 Å². The molecule has 1 aliphatic heterocycles. The maximum atomic E-state index is 13.8. The normalized spacial score (nSPS) is 17.1. The zero-order chi connectivity index (χ0) is 33.1. The van der Waals surface area contributed by atoms with Crippen LogP contribution >= 0.6 is 0 Å². The number of primary amides is 1. The Morgan fingerprint density at radius 3 is 2.16 bits per heavy atom. The molecule has 16 nitrogen and oxygen atoms in total. The van der Waals surface area contributed by atoms with Gasteiger partial charge in [0.05, 0.1) is 19.0 Å². The largest absolute Gasteiger partial charge is 0.508 e. The van der Waals surface area contributed by atoms with E-state index in [0.717, 1.165) is 0 Å². The standard InChI is InChI=1S/C28H41N7O9/c1-14(2)23(30)26(41)34-19(11-16-6-8-17(36)9-7-16)27(42)35-10-4-5-20(35)25(40)33-18(12-21(29)37)24(39)31-13-22(38)32-15(3)28(43)44/h6-9,14-15,18-20,23,36H,4-5,10-13,30H2,1-3H3,(H2,29,37)(H,31,39)(H,32,38)(H,33,40)(H,34,41)(H,43,44)/t15-,18-,19-,20-,23-/m0/s1. The molecule has 16 heteroatoms. The number of amides is 6. The quantitative estimate of drug-likeness (QED) is 0.102. The van der Waals surface area contributed by atoms with E-state index in [1.165, 1.54) is 24.0 Å². The summed E-state index contributed by atoms with van der Waals surface area (Å²) in [5.74, 6) is -6.03. The number of carboxylic acids is 1. The minimum absolute atomic E-state index is 0.0174. The molecule has 0 radical (unpaired) electrons.